The Balaban J connectivity index is 1.56. The molecule has 3 heterocycles. The maximum Gasteiger partial charge on any atom is 0.256 e. The minimum absolute atomic E-state index is 0.302. The molecule has 5 rings (SSSR count). The normalized spacial score (nSPS) is 13.8. The number of amides is 1. The van der Waals surface area contributed by atoms with Crippen molar-refractivity contribution in [2.45, 2.75) is 19.3 Å². The van der Waals surface area contributed by atoms with Crippen molar-refractivity contribution in [3.05, 3.63) is 65.7 Å². The number of nitrogens with zero attached hydrogens (tertiary/aromatic N) is 5. The first-order valence-corrected chi connectivity index (χ1v) is 11.1. The molecule has 1 N–H and O–H groups in total. The van der Waals surface area contributed by atoms with Gasteiger partial charge in [0, 0.05) is 24.2 Å². The molecule has 1 amide bonds. The zero-order chi connectivity index (χ0) is 21.2. The number of carbonyl (C=O) groups is 1. The van der Waals surface area contributed by atoms with Gasteiger partial charge in [0.05, 0.1) is 11.6 Å². The smallest absolute Gasteiger partial charge is 0.256 e. The highest BCUT2D eigenvalue weighted by Gasteiger charge is 2.23. The van der Waals surface area contributed by atoms with Crippen LogP contribution in [-0.4, -0.2) is 33.6 Å². The first-order valence-electron chi connectivity index (χ1n) is 10.2. The summed E-state index contributed by atoms with van der Waals surface area (Å²) in [6, 6.07) is 18.5. The van der Waals surface area contributed by atoms with Crippen molar-refractivity contribution >= 4 is 33.2 Å². The highest BCUT2D eigenvalue weighted by Crippen LogP contribution is 2.34. The molecule has 0 atom stereocenters. The Morgan fingerprint density at radius 1 is 1.06 bits per heavy atom. The summed E-state index contributed by atoms with van der Waals surface area (Å²) < 4.78 is 1.73. The fraction of sp³-hybridized carbons (Fsp3) is 0.217. The molecule has 154 valence electrons. The van der Waals surface area contributed by atoms with Crippen LogP contribution in [0.15, 0.2) is 54.6 Å². The van der Waals surface area contributed by atoms with Crippen molar-refractivity contribution in [3.8, 4) is 17.3 Å². The van der Waals surface area contributed by atoms with Gasteiger partial charge in [0.25, 0.3) is 5.91 Å². The lowest BCUT2D eigenvalue weighted by Crippen LogP contribution is -2.29. The maximum atomic E-state index is 13.0. The van der Waals surface area contributed by atoms with Crippen molar-refractivity contribution in [1.82, 2.24) is 14.6 Å². The number of hydrogen-bond donors (Lipinski definition) is 1. The summed E-state index contributed by atoms with van der Waals surface area (Å²) in [6.45, 7) is 1.98. The Bertz CT molecular complexity index is 1280. The molecule has 0 unspecified atom stereocenters. The molecule has 31 heavy (non-hydrogen) atoms. The van der Waals surface area contributed by atoms with Crippen LogP contribution in [0.5, 0.6) is 0 Å². The van der Waals surface area contributed by atoms with Crippen LogP contribution < -0.4 is 10.2 Å². The van der Waals surface area contributed by atoms with E-state index in [9.17, 15) is 4.79 Å². The van der Waals surface area contributed by atoms with Gasteiger partial charge < -0.3 is 10.2 Å². The van der Waals surface area contributed by atoms with Gasteiger partial charge in [-0.3, -0.25) is 4.79 Å². The molecule has 4 aromatic rings. The number of aromatic nitrogens is 3. The standard InChI is InChI=1S/C23H20N6OS/c24-15-16-8-7-11-18(14-16)21(30)26-20-19(17-9-3-1-4-10-17)25-22-29(20)27-23(31-22)28-12-5-2-6-13-28/h1,3-4,7-11,14H,2,5-6,12-13H2,(H,26,30). The summed E-state index contributed by atoms with van der Waals surface area (Å²) in [5.41, 5.74) is 2.44. The molecule has 1 saturated heterocycles. The third-order valence-electron chi connectivity index (χ3n) is 5.35. The van der Waals surface area contributed by atoms with Gasteiger partial charge in [-0.15, -0.1) is 5.10 Å². The Kier molecular flexibility index (Phi) is 5.10. The van der Waals surface area contributed by atoms with Crippen LogP contribution in [0.4, 0.5) is 10.9 Å². The van der Waals surface area contributed by atoms with E-state index in [0.29, 0.717) is 22.6 Å². The van der Waals surface area contributed by atoms with Gasteiger partial charge in [-0.1, -0.05) is 47.7 Å². The van der Waals surface area contributed by atoms with Crippen LogP contribution >= 0.6 is 11.3 Å². The van der Waals surface area contributed by atoms with Gasteiger partial charge in [0.1, 0.15) is 5.69 Å². The molecule has 0 spiro atoms. The number of benzene rings is 2. The minimum atomic E-state index is -0.302. The molecule has 1 aliphatic rings. The fourth-order valence-corrected chi connectivity index (χ4v) is 4.72. The summed E-state index contributed by atoms with van der Waals surface area (Å²) in [5.74, 6) is 0.233. The van der Waals surface area contributed by atoms with Crippen molar-refractivity contribution in [2.75, 3.05) is 23.3 Å². The third-order valence-corrected chi connectivity index (χ3v) is 6.32. The number of rotatable bonds is 4. The van der Waals surface area contributed by atoms with Gasteiger partial charge in [-0.2, -0.15) is 9.78 Å². The number of fused-ring (bicyclic) bond motifs is 1. The average Bonchev–Trinajstić information content (AvgIpc) is 3.39. The number of nitrogens with one attached hydrogen (secondary N) is 1. The predicted molar refractivity (Wildman–Crippen MR) is 121 cm³/mol. The molecule has 0 radical (unpaired) electrons. The maximum absolute atomic E-state index is 13.0. The molecule has 2 aromatic heterocycles. The number of imidazole rings is 1. The van der Waals surface area contributed by atoms with E-state index in [2.05, 4.69) is 16.3 Å². The minimum Gasteiger partial charge on any atom is -0.347 e. The lowest BCUT2D eigenvalue weighted by Gasteiger charge is -2.25. The highest BCUT2D eigenvalue weighted by atomic mass is 32.1. The van der Waals surface area contributed by atoms with E-state index in [4.69, 9.17) is 15.3 Å². The summed E-state index contributed by atoms with van der Waals surface area (Å²) in [6.07, 6.45) is 3.58. The monoisotopic (exact) mass is 428 g/mol. The molecule has 1 aliphatic heterocycles. The van der Waals surface area contributed by atoms with E-state index < -0.39 is 0 Å². The molecular formula is C23H20N6OS. The predicted octanol–water partition coefficient (Wildman–Crippen LogP) is 4.57. The highest BCUT2D eigenvalue weighted by molar-refractivity contribution is 7.20. The second kappa shape index (κ2) is 8.20. The summed E-state index contributed by atoms with van der Waals surface area (Å²) in [7, 11) is 0. The quantitative estimate of drug-likeness (QED) is 0.514. The molecule has 0 saturated carbocycles. The topological polar surface area (TPSA) is 86.3 Å². The van der Waals surface area contributed by atoms with E-state index in [-0.39, 0.29) is 5.91 Å². The summed E-state index contributed by atoms with van der Waals surface area (Å²) >= 11 is 1.53. The zero-order valence-corrected chi connectivity index (χ0v) is 17.6. The van der Waals surface area contributed by atoms with E-state index in [1.807, 2.05) is 30.3 Å². The van der Waals surface area contributed by atoms with Gasteiger partial charge >= 0.3 is 0 Å². The van der Waals surface area contributed by atoms with E-state index in [1.54, 1.807) is 28.8 Å². The van der Waals surface area contributed by atoms with Crippen LogP contribution in [0, 0.1) is 11.3 Å². The summed E-state index contributed by atoms with van der Waals surface area (Å²) in [4.78, 5) is 20.8. The second-order valence-electron chi connectivity index (χ2n) is 7.45. The average molecular weight is 429 g/mol. The van der Waals surface area contributed by atoms with Crippen molar-refractivity contribution in [2.24, 2.45) is 0 Å². The molecule has 2 aromatic carbocycles. The van der Waals surface area contributed by atoms with Gasteiger partial charge in [-0.05, 0) is 37.5 Å². The van der Waals surface area contributed by atoms with E-state index in [1.165, 1.54) is 17.8 Å². The van der Waals surface area contributed by atoms with Crippen molar-refractivity contribution < 1.29 is 4.79 Å². The lowest BCUT2D eigenvalue weighted by molar-refractivity contribution is 0.102. The lowest BCUT2D eigenvalue weighted by atomic mass is 10.1. The SMILES string of the molecule is N#Cc1cccc(C(=O)Nc2c(-c3ccccc3)nc3sc(N4CCCCC4)nn23)c1. The number of hydrogen-bond acceptors (Lipinski definition) is 6. The Morgan fingerprint density at radius 3 is 2.65 bits per heavy atom. The van der Waals surface area contributed by atoms with Gasteiger partial charge in [0.15, 0.2) is 5.82 Å². The number of nitriles is 1. The van der Waals surface area contributed by atoms with Gasteiger partial charge in [0.2, 0.25) is 10.1 Å². The Labute approximate surface area is 183 Å². The molecule has 7 nitrogen and oxygen atoms in total. The Hall–Kier alpha value is -3.70. The van der Waals surface area contributed by atoms with Crippen LogP contribution in [0.3, 0.4) is 0 Å². The van der Waals surface area contributed by atoms with Crippen molar-refractivity contribution in [1.29, 1.82) is 5.26 Å². The van der Waals surface area contributed by atoms with E-state index >= 15 is 0 Å². The fourth-order valence-electron chi connectivity index (χ4n) is 3.77. The van der Waals surface area contributed by atoms with E-state index in [0.717, 1.165) is 41.6 Å². The van der Waals surface area contributed by atoms with Crippen LogP contribution in [0.1, 0.15) is 35.2 Å². The number of piperidine rings is 1. The third kappa shape index (κ3) is 3.76. The number of anilines is 2. The largest absolute Gasteiger partial charge is 0.347 e. The molecular weight excluding hydrogens is 408 g/mol. The molecule has 0 aliphatic carbocycles. The first-order chi connectivity index (χ1) is 15.2. The first kappa shape index (κ1) is 19.3. The zero-order valence-electron chi connectivity index (χ0n) is 16.8. The van der Waals surface area contributed by atoms with Crippen LogP contribution in [0.2, 0.25) is 0 Å². The number of carbonyl (C=O) groups excluding carboxylic acids is 1. The Morgan fingerprint density at radius 2 is 1.87 bits per heavy atom. The van der Waals surface area contributed by atoms with Crippen molar-refractivity contribution in [3.63, 3.8) is 0 Å². The molecule has 0 bridgehead atoms. The summed E-state index contributed by atoms with van der Waals surface area (Å²) in [5, 5.41) is 17.9. The van der Waals surface area contributed by atoms with Crippen LogP contribution in [0.25, 0.3) is 16.2 Å². The second-order valence-corrected chi connectivity index (χ2v) is 8.38. The van der Waals surface area contributed by atoms with Gasteiger partial charge in [-0.25, -0.2) is 4.98 Å². The van der Waals surface area contributed by atoms with Crippen LogP contribution in [-0.2, 0) is 0 Å². The molecule has 8 heteroatoms. The molecule has 1 fully saturated rings.